The molecule has 3 nitrogen and oxygen atoms in total. The van der Waals surface area contributed by atoms with Crippen LogP contribution in [0.3, 0.4) is 0 Å². The van der Waals surface area contributed by atoms with Crippen LogP contribution in [0.25, 0.3) is 10.8 Å². The molecule has 0 heterocycles. The van der Waals surface area contributed by atoms with Crippen molar-refractivity contribution in [3.05, 3.63) is 41.0 Å². The van der Waals surface area contributed by atoms with Gasteiger partial charge < -0.3 is 5.11 Å². The molecule has 16 heavy (non-hydrogen) atoms. The molecule has 2 rings (SSSR count). The Kier molecular flexibility index (Phi) is 2.34. The van der Waals surface area contributed by atoms with Crippen LogP contribution in [0.1, 0.15) is 21.5 Å². The maximum atomic E-state index is 10.8. The highest BCUT2D eigenvalue weighted by Crippen LogP contribution is 2.31. The summed E-state index contributed by atoms with van der Waals surface area (Å²) in [5, 5.41) is 20.1. The van der Waals surface area contributed by atoms with E-state index in [1.165, 1.54) is 0 Å². The number of rotatable bonds is 1. The molecular weight excluding hydrogens is 202 g/mol. The van der Waals surface area contributed by atoms with Gasteiger partial charge in [-0.1, -0.05) is 12.1 Å². The van der Waals surface area contributed by atoms with Gasteiger partial charge in [-0.15, -0.1) is 0 Å². The second-order valence-electron chi connectivity index (χ2n) is 3.59. The minimum absolute atomic E-state index is 0.159. The minimum Gasteiger partial charge on any atom is -0.507 e. The van der Waals surface area contributed by atoms with E-state index in [1.54, 1.807) is 31.2 Å². The fourth-order valence-electron chi connectivity index (χ4n) is 1.74. The van der Waals surface area contributed by atoms with Crippen LogP contribution in [0.15, 0.2) is 24.3 Å². The van der Waals surface area contributed by atoms with Gasteiger partial charge in [0.2, 0.25) is 0 Å². The lowest BCUT2D eigenvalue weighted by Crippen LogP contribution is -1.90. The molecule has 0 radical (unpaired) electrons. The summed E-state index contributed by atoms with van der Waals surface area (Å²) in [5.74, 6) is 0.159. The summed E-state index contributed by atoms with van der Waals surface area (Å²) < 4.78 is 0. The molecule has 0 unspecified atom stereocenters. The molecule has 0 bridgehead atoms. The Hall–Kier alpha value is -2.34. The lowest BCUT2D eigenvalue weighted by molar-refractivity contribution is 0.112. The molecule has 78 valence electrons. The van der Waals surface area contributed by atoms with Crippen molar-refractivity contribution in [1.82, 2.24) is 0 Å². The zero-order valence-corrected chi connectivity index (χ0v) is 8.69. The molecule has 0 amide bonds. The highest BCUT2D eigenvalue weighted by molar-refractivity contribution is 5.98. The normalized spacial score (nSPS) is 10.0. The molecule has 0 saturated carbocycles. The molecule has 0 aliphatic carbocycles. The number of phenolic OH excluding ortho intramolecular Hbond substituents is 1. The first-order valence-electron chi connectivity index (χ1n) is 4.79. The van der Waals surface area contributed by atoms with Crippen molar-refractivity contribution < 1.29 is 9.90 Å². The number of carbonyl (C=O) groups excluding carboxylic acids is 1. The second-order valence-corrected chi connectivity index (χ2v) is 3.59. The van der Waals surface area contributed by atoms with Gasteiger partial charge in [0.05, 0.1) is 5.56 Å². The van der Waals surface area contributed by atoms with Gasteiger partial charge in [0, 0.05) is 16.3 Å². The van der Waals surface area contributed by atoms with Gasteiger partial charge in [0.15, 0.2) is 6.29 Å². The van der Waals surface area contributed by atoms with E-state index in [9.17, 15) is 9.90 Å². The Morgan fingerprint density at radius 2 is 1.94 bits per heavy atom. The molecule has 0 fully saturated rings. The van der Waals surface area contributed by atoms with Crippen LogP contribution in [0.5, 0.6) is 5.75 Å². The van der Waals surface area contributed by atoms with Gasteiger partial charge >= 0.3 is 0 Å². The van der Waals surface area contributed by atoms with Crippen LogP contribution in [0.4, 0.5) is 0 Å². The Morgan fingerprint density at radius 3 is 2.56 bits per heavy atom. The monoisotopic (exact) mass is 211 g/mol. The van der Waals surface area contributed by atoms with Gasteiger partial charge in [-0.2, -0.15) is 5.26 Å². The summed E-state index contributed by atoms with van der Waals surface area (Å²) in [6.07, 6.45) is 0.648. The number of hydrogen-bond donors (Lipinski definition) is 1. The van der Waals surface area contributed by atoms with Crippen molar-refractivity contribution in [2.45, 2.75) is 6.92 Å². The number of fused-ring (bicyclic) bond motifs is 1. The predicted octanol–water partition coefficient (Wildman–Crippen LogP) is 2.54. The number of benzene rings is 2. The van der Waals surface area contributed by atoms with Gasteiger partial charge in [-0.3, -0.25) is 4.79 Å². The van der Waals surface area contributed by atoms with Crippen LogP contribution >= 0.6 is 0 Å². The molecular formula is C13H9NO2. The van der Waals surface area contributed by atoms with Crippen LogP contribution in [0, 0.1) is 18.3 Å². The molecule has 0 saturated heterocycles. The number of nitriles is 1. The van der Waals surface area contributed by atoms with Crippen molar-refractivity contribution in [3.63, 3.8) is 0 Å². The quantitative estimate of drug-likeness (QED) is 0.737. The average Bonchev–Trinajstić information content (AvgIpc) is 2.32. The van der Waals surface area contributed by atoms with Gasteiger partial charge in [0.1, 0.15) is 11.8 Å². The number of phenols is 1. The average molecular weight is 211 g/mol. The number of carbonyl (C=O) groups is 1. The number of hydrogen-bond acceptors (Lipinski definition) is 3. The Morgan fingerprint density at radius 1 is 1.25 bits per heavy atom. The zero-order chi connectivity index (χ0) is 11.7. The smallest absolute Gasteiger partial charge is 0.151 e. The molecule has 2 aromatic carbocycles. The molecule has 0 aliphatic heterocycles. The Balaban J connectivity index is 2.97. The van der Waals surface area contributed by atoms with Crippen LogP contribution in [-0.4, -0.2) is 11.4 Å². The van der Waals surface area contributed by atoms with Crippen LogP contribution in [-0.2, 0) is 0 Å². The fourth-order valence-corrected chi connectivity index (χ4v) is 1.74. The summed E-state index contributed by atoms with van der Waals surface area (Å²) in [4.78, 5) is 10.8. The van der Waals surface area contributed by atoms with Crippen LogP contribution < -0.4 is 0 Å². The third-order valence-electron chi connectivity index (χ3n) is 2.65. The number of aldehydes is 1. The summed E-state index contributed by atoms with van der Waals surface area (Å²) in [6, 6.07) is 8.67. The first kappa shape index (κ1) is 10.2. The molecule has 0 atom stereocenters. The van der Waals surface area contributed by atoms with Crippen molar-refractivity contribution in [1.29, 1.82) is 5.26 Å². The van der Waals surface area contributed by atoms with Gasteiger partial charge in [-0.25, -0.2) is 0 Å². The van der Waals surface area contributed by atoms with E-state index in [1.807, 2.05) is 6.07 Å². The second kappa shape index (κ2) is 3.67. The third kappa shape index (κ3) is 1.32. The van der Waals surface area contributed by atoms with E-state index in [2.05, 4.69) is 0 Å². The first-order chi connectivity index (χ1) is 7.69. The van der Waals surface area contributed by atoms with Crippen molar-refractivity contribution in [2.75, 3.05) is 0 Å². The van der Waals surface area contributed by atoms with E-state index in [0.717, 1.165) is 5.56 Å². The maximum absolute atomic E-state index is 10.8. The highest BCUT2D eigenvalue weighted by atomic mass is 16.3. The number of aromatic hydroxyl groups is 1. The topological polar surface area (TPSA) is 61.1 Å². The molecule has 0 aliphatic rings. The highest BCUT2D eigenvalue weighted by Gasteiger charge is 2.10. The fraction of sp³-hybridized carbons (Fsp3) is 0.0769. The number of nitrogens with zero attached hydrogens (tertiary/aromatic N) is 1. The molecule has 2 aromatic rings. The lowest BCUT2D eigenvalue weighted by atomic mass is 9.98. The first-order valence-corrected chi connectivity index (χ1v) is 4.79. The Labute approximate surface area is 92.6 Å². The lowest BCUT2D eigenvalue weighted by Gasteiger charge is -2.06. The van der Waals surface area contributed by atoms with E-state index in [0.29, 0.717) is 28.2 Å². The van der Waals surface area contributed by atoms with E-state index >= 15 is 0 Å². The minimum atomic E-state index is 0.159. The zero-order valence-electron chi connectivity index (χ0n) is 8.69. The summed E-state index contributed by atoms with van der Waals surface area (Å²) in [6.45, 7) is 1.79. The maximum Gasteiger partial charge on any atom is 0.151 e. The largest absolute Gasteiger partial charge is 0.507 e. The molecule has 3 heteroatoms. The van der Waals surface area contributed by atoms with Crippen molar-refractivity contribution in [3.8, 4) is 11.8 Å². The molecule has 0 aromatic heterocycles. The number of aryl methyl sites for hydroxylation is 1. The molecule has 0 spiro atoms. The third-order valence-corrected chi connectivity index (χ3v) is 2.65. The summed E-state index contributed by atoms with van der Waals surface area (Å²) in [7, 11) is 0. The SMILES string of the molecule is Cc1ccc2c(C#N)c(C=O)ccc2c1O. The van der Waals surface area contributed by atoms with E-state index in [4.69, 9.17) is 5.26 Å². The van der Waals surface area contributed by atoms with Gasteiger partial charge in [-0.05, 0) is 24.6 Å². The van der Waals surface area contributed by atoms with Gasteiger partial charge in [0.25, 0.3) is 0 Å². The van der Waals surface area contributed by atoms with E-state index < -0.39 is 0 Å². The standard InChI is InChI=1S/C13H9NO2/c1-8-2-4-10-11(13(8)16)5-3-9(7-15)12(10)6-14/h2-5,7,16H,1H3. The summed E-state index contributed by atoms with van der Waals surface area (Å²) >= 11 is 0. The summed E-state index contributed by atoms with van der Waals surface area (Å²) in [5.41, 5.74) is 1.40. The molecule has 1 N–H and O–H groups in total. The Bertz CT molecular complexity index is 624. The van der Waals surface area contributed by atoms with Crippen molar-refractivity contribution >= 4 is 17.1 Å². The van der Waals surface area contributed by atoms with Crippen molar-refractivity contribution in [2.24, 2.45) is 0 Å². The van der Waals surface area contributed by atoms with E-state index in [-0.39, 0.29) is 5.75 Å². The van der Waals surface area contributed by atoms with Crippen LogP contribution in [0.2, 0.25) is 0 Å². The predicted molar refractivity (Wildman–Crippen MR) is 60.5 cm³/mol.